The van der Waals surface area contributed by atoms with E-state index in [4.69, 9.17) is 4.74 Å². The van der Waals surface area contributed by atoms with E-state index < -0.39 is 0 Å². The van der Waals surface area contributed by atoms with Crippen LogP contribution in [0.5, 0.6) is 0 Å². The minimum absolute atomic E-state index is 0.253. The van der Waals surface area contributed by atoms with Crippen molar-refractivity contribution >= 4 is 5.97 Å². The van der Waals surface area contributed by atoms with Crippen LogP contribution in [0.4, 0.5) is 0 Å². The Morgan fingerprint density at radius 3 is 2.77 bits per heavy atom. The Hall–Kier alpha value is -2.33. The van der Waals surface area contributed by atoms with Crippen molar-refractivity contribution in [2.24, 2.45) is 0 Å². The highest BCUT2D eigenvalue weighted by Gasteiger charge is 2.14. The van der Waals surface area contributed by atoms with Crippen LogP contribution >= 0.6 is 0 Å². The van der Waals surface area contributed by atoms with Crippen LogP contribution in [-0.2, 0) is 11.3 Å². The fraction of sp³-hybridized carbons (Fsp3) is 0.278. The van der Waals surface area contributed by atoms with E-state index in [0.717, 1.165) is 26.1 Å². The molecule has 2 heterocycles. The van der Waals surface area contributed by atoms with Gasteiger partial charge in [0.15, 0.2) is 0 Å². The number of nitrogens with one attached hydrogen (secondary N) is 1. The molecule has 1 aromatic carbocycles. The van der Waals surface area contributed by atoms with Crippen molar-refractivity contribution in [1.82, 2.24) is 9.88 Å². The molecule has 0 saturated heterocycles. The lowest BCUT2D eigenvalue weighted by atomic mass is 10.1. The van der Waals surface area contributed by atoms with Crippen LogP contribution in [0.3, 0.4) is 0 Å². The third-order valence-electron chi connectivity index (χ3n) is 3.85. The minimum Gasteiger partial charge on any atom is -0.458 e. The number of carbonyl (C=O) groups excluding carboxylic acids is 1. The average Bonchev–Trinajstić information content (AvgIpc) is 3.08. The number of rotatable bonds is 5. The molecule has 3 rings (SSSR count). The SMILES string of the molecule is O=C(OCC1=CCN(Cc2cc[nH]c2)CC1)c1ccccc1. The van der Waals surface area contributed by atoms with Gasteiger partial charge in [-0.15, -0.1) is 0 Å². The summed E-state index contributed by atoms with van der Waals surface area (Å²) in [5.41, 5.74) is 3.11. The fourth-order valence-corrected chi connectivity index (χ4v) is 2.56. The van der Waals surface area contributed by atoms with Crippen molar-refractivity contribution in [3.05, 3.63) is 71.6 Å². The summed E-state index contributed by atoms with van der Waals surface area (Å²) >= 11 is 0. The van der Waals surface area contributed by atoms with Gasteiger partial charge in [0.05, 0.1) is 5.56 Å². The predicted molar refractivity (Wildman–Crippen MR) is 85.5 cm³/mol. The summed E-state index contributed by atoms with van der Waals surface area (Å²) in [6.45, 7) is 3.26. The monoisotopic (exact) mass is 296 g/mol. The van der Waals surface area contributed by atoms with Crippen LogP contribution in [0, 0.1) is 0 Å². The summed E-state index contributed by atoms with van der Waals surface area (Å²) in [7, 11) is 0. The minimum atomic E-state index is -0.253. The Morgan fingerprint density at radius 2 is 2.09 bits per heavy atom. The van der Waals surface area contributed by atoms with Crippen LogP contribution in [0.15, 0.2) is 60.4 Å². The number of esters is 1. The highest BCUT2D eigenvalue weighted by molar-refractivity contribution is 5.89. The highest BCUT2D eigenvalue weighted by atomic mass is 16.5. The van der Waals surface area contributed by atoms with Gasteiger partial charge in [-0.3, -0.25) is 4.90 Å². The molecular formula is C18H20N2O2. The Labute approximate surface area is 130 Å². The van der Waals surface area contributed by atoms with Crippen molar-refractivity contribution in [1.29, 1.82) is 0 Å². The van der Waals surface area contributed by atoms with Crippen molar-refractivity contribution < 1.29 is 9.53 Å². The van der Waals surface area contributed by atoms with Gasteiger partial charge in [-0.25, -0.2) is 4.79 Å². The van der Waals surface area contributed by atoms with Gasteiger partial charge < -0.3 is 9.72 Å². The van der Waals surface area contributed by atoms with E-state index in [-0.39, 0.29) is 5.97 Å². The first-order valence-electron chi connectivity index (χ1n) is 7.55. The third-order valence-corrected chi connectivity index (χ3v) is 3.85. The number of hydrogen-bond acceptors (Lipinski definition) is 3. The van der Waals surface area contributed by atoms with Gasteiger partial charge in [-0.05, 0) is 35.8 Å². The van der Waals surface area contributed by atoms with E-state index in [1.807, 2.05) is 30.6 Å². The van der Waals surface area contributed by atoms with E-state index in [1.54, 1.807) is 12.1 Å². The molecule has 114 valence electrons. The average molecular weight is 296 g/mol. The molecular weight excluding hydrogens is 276 g/mol. The molecule has 4 nitrogen and oxygen atoms in total. The van der Waals surface area contributed by atoms with Crippen molar-refractivity contribution in [2.45, 2.75) is 13.0 Å². The quantitative estimate of drug-likeness (QED) is 0.681. The maximum atomic E-state index is 11.9. The van der Waals surface area contributed by atoms with Gasteiger partial charge in [0.25, 0.3) is 0 Å². The molecule has 1 N–H and O–H groups in total. The van der Waals surface area contributed by atoms with Crippen molar-refractivity contribution in [2.75, 3.05) is 19.7 Å². The Kier molecular flexibility index (Phi) is 4.71. The van der Waals surface area contributed by atoms with Crippen LogP contribution < -0.4 is 0 Å². The second-order valence-electron chi connectivity index (χ2n) is 5.51. The molecule has 0 aliphatic carbocycles. The zero-order valence-electron chi connectivity index (χ0n) is 12.5. The molecule has 1 aromatic heterocycles. The second-order valence-corrected chi connectivity index (χ2v) is 5.51. The summed E-state index contributed by atoms with van der Waals surface area (Å²) in [6.07, 6.45) is 7.10. The van der Waals surface area contributed by atoms with Gasteiger partial charge in [-0.2, -0.15) is 0 Å². The highest BCUT2D eigenvalue weighted by Crippen LogP contribution is 2.14. The number of nitrogens with zero attached hydrogens (tertiary/aromatic N) is 1. The van der Waals surface area contributed by atoms with Crippen molar-refractivity contribution in [3.63, 3.8) is 0 Å². The Balaban J connectivity index is 1.46. The van der Waals surface area contributed by atoms with E-state index in [9.17, 15) is 4.79 Å². The predicted octanol–water partition coefficient (Wildman–Crippen LogP) is 3.00. The van der Waals surface area contributed by atoms with Gasteiger partial charge in [0.2, 0.25) is 0 Å². The molecule has 0 fully saturated rings. The van der Waals surface area contributed by atoms with Gasteiger partial charge in [-0.1, -0.05) is 24.3 Å². The molecule has 22 heavy (non-hydrogen) atoms. The zero-order valence-corrected chi connectivity index (χ0v) is 12.5. The molecule has 0 radical (unpaired) electrons. The Morgan fingerprint density at radius 1 is 1.23 bits per heavy atom. The number of aromatic amines is 1. The number of aromatic nitrogens is 1. The largest absolute Gasteiger partial charge is 0.458 e. The summed E-state index contributed by atoms with van der Waals surface area (Å²) in [5, 5.41) is 0. The molecule has 4 heteroatoms. The standard InChI is InChI=1S/C18H20N2O2/c21-18(17-4-2-1-3-5-17)22-14-15-7-10-20(11-8-15)13-16-6-9-19-12-16/h1-7,9,12,19H,8,10-11,13-14H2. The molecule has 2 aromatic rings. The van der Waals surface area contributed by atoms with E-state index in [1.165, 1.54) is 11.1 Å². The number of carbonyl (C=O) groups is 1. The lowest BCUT2D eigenvalue weighted by molar-refractivity contribution is 0.0533. The lowest BCUT2D eigenvalue weighted by Gasteiger charge is -2.25. The van der Waals surface area contributed by atoms with Gasteiger partial charge >= 0.3 is 5.97 Å². The van der Waals surface area contributed by atoms with E-state index in [2.05, 4.69) is 22.0 Å². The van der Waals surface area contributed by atoms with Gasteiger partial charge in [0, 0.05) is 32.0 Å². The van der Waals surface area contributed by atoms with E-state index >= 15 is 0 Å². The summed E-state index contributed by atoms with van der Waals surface area (Å²) in [6, 6.07) is 11.2. The fourth-order valence-electron chi connectivity index (χ4n) is 2.56. The topological polar surface area (TPSA) is 45.3 Å². The maximum Gasteiger partial charge on any atom is 0.338 e. The van der Waals surface area contributed by atoms with Gasteiger partial charge in [0.1, 0.15) is 6.61 Å². The van der Waals surface area contributed by atoms with Crippen LogP contribution in [0.1, 0.15) is 22.3 Å². The Bertz CT molecular complexity index is 632. The second kappa shape index (κ2) is 7.09. The van der Waals surface area contributed by atoms with Crippen LogP contribution in [0.25, 0.3) is 0 Å². The zero-order chi connectivity index (χ0) is 15.2. The molecule has 0 unspecified atom stereocenters. The lowest BCUT2D eigenvalue weighted by Crippen LogP contribution is -2.29. The molecule has 0 bridgehead atoms. The number of H-pyrrole nitrogens is 1. The third kappa shape index (κ3) is 3.86. The summed E-state index contributed by atoms with van der Waals surface area (Å²) in [4.78, 5) is 17.4. The molecule has 1 aliphatic heterocycles. The first kappa shape index (κ1) is 14.6. The van der Waals surface area contributed by atoms with Crippen LogP contribution in [0.2, 0.25) is 0 Å². The maximum absolute atomic E-state index is 11.9. The summed E-state index contributed by atoms with van der Waals surface area (Å²) in [5.74, 6) is -0.253. The smallest absolute Gasteiger partial charge is 0.338 e. The van der Waals surface area contributed by atoms with Crippen molar-refractivity contribution in [3.8, 4) is 0 Å². The normalized spacial score (nSPS) is 15.4. The van der Waals surface area contributed by atoms with Crippen LogP contribution in [-0.4, -0.2) is 35.5 Å². The van der Waals surface area contributed by atoms with E-state index in [0.29, 0.717) is 12.2 Å². The molecule has 0 saturated carbocycles. The summed E-state index contributed by atoms with van der Waals surface area (Å²) < 4.78 is 5.38. The molecule has 0 atom stereocenters. The number of benzene rings is 1. The molecule has 0 spiro atoms. The number of hydrogen-bond donors (Lipinski definition) is 1. The molecule has 1 aliphatic rings. The number of ether oxygens (including phenoxy) is 1. The molecule has 0 amide bonds. The first-order chi connectivity index (χ1) is 10.8. The first-order valence-corrected chi connectivity index (χ1v) is 7.55.